The second-order valence-corrected chi connectivity index (χ2v) is 6.02. The van der Waals surface area contributed by atoms with Crippen molar-refractivity contribution in [2.75, 3.05) is 24.6 Å². The fourth-order valence-corrected chi connectivity index (χ4v) is 2.90. The molecule has 0 fully saturated rings. The number of carbonyl (C=O) groups excluding carboxylic acids is 3. The summed E-state index contributed by atoms with van der Waals surface area (Å²) in [6.45, 7) is 2.81. The fourth-order valence-electron chi connectivity index (χ4n) is 2.90. The zero-order chi connectivity index (χ0) is 20.1. The molecule has 0 saturated carbocycles. The first-order valence-electron chi connectivity index (χ1n) is 8.51. The molecule has 1 heterocycles. The normalized spacial score (nSPS) is 12.3. The van der Waals surface area contributed by atoms with Crippen LogP contribution in [0, 0.1) is 11.3 Å². The number of rotatable bonds is 6. The number of esters is 1. The van der Waals surface area contributed by atoms with Crippen molar-refractivity contribution in [3.05, 3.63) is 72.3 Å². The summed E-state index contributed by atoms with van der Waals surface area (Å²) in [5, 5.41) is 8.95. The number of nitriles is 1. The van der Waals surface area contributed by atoms with Crippen molar-refractivity contribution in [2.24, 2.45) is 0 Å². The van der Waals surface area contributed by atoms with Gasteiger partial charge in [0, 0.05) is 22.5 Å². The molecule has 7 heteroatoms. The lowest BCUT2D eigenvalue weighted by atomic mass is 10.1. The lowest BCUT2D eigenvalue weighted by Gasteiger charge is -2.20. The van der Waals surface area contributed by atoms with Gasteiger partial charge in [0.15, 0.2) is 6.61 Å². The molecule has 0 aliphatic carbocycles. The lowest BCUT2D eigenvalue weighted by Crippen LogP contribution is -2.37. The van der Waals surface area contributed by atoms with Gasteiger partial charge in [-0.1, -0.05) is 43.0 Å². The lowest BCUT2D eigenvalue weighted by molar-refractivity contribution is -0.147. The summed E-state index contributed by atoms with van der Waals surface area (Å²) < 4.78 is 5.04. The maximum absolute atomic E-state index is 12.4. The van der Waals surface area contributed by atoms with E-state index >= 15 is 0 Å². The molecule has 0 unspecified atom stereocenters. The van der Waals surface area contributed by atoms with Crippen LogP contribution in [0.2, 0.25) is 0 Å². The second-order valence-electron chi connectivity index (χ2n) is 6.02. The Balaban J connectivity index is 1.60. The van der Waals surface area contributed by atoms with Crippen LogP contribution in [0.25, 0.3) is 5.70 Å². The molecule has 7 nitrogen and oxygen atoms in total. The van der Waals surface area contributed by atoms with Gasteiger partial charge < -0.3 is 4.74 Å². The first-order chi connectivity index (χ1) is 13.5. The Morgan fingerprint density at radius 2 is 1.71 bits per heavy atom. The summed E-state index contributed by atoms with van der Waals surface area (Å²) in [5.74, 6) is -1.60. The van der Waals surface area contributed by atoms with Gasteiger partial charge in [0.25, 0.3) is 11.8 Å². The van der Waals surface area contributed by atoms with E-state index in [1.807, 2.05) is 6.07 Å². The Bertz CT molecular complexity index is 944. The molecule has 140 valence electrons. The van der Waals surface area contributed by atoms with Gasteiger partial charge in [-0.25, -0.2) is 0 Å². The molecule has 0 radical (unpaired) electrons. The minimum Gasteiger partial charge on any atom is -0.454 e. The number of ether oxygens (including phenoxy) is 1. The molecule has 2 aromatic carbocycles. The van der Waals surface area contributed by atoms with Crippen molar-refractivity contribution >= 4 is 29.2 Å². The highest BCUT2D eigenvalue weighted by atomic mass is 16.5. The molecule has 0 atom stereocenters. The van der Waals surface area contributed by atoms with Gasteiger partial charge in [-0.15, -0.1) is 0 Å². The van der Waals surface area contributed by atoms with Crippen molar-refractivity contribution < 1.29 is 19.1 Å². The highest BCUT2D eigenvalue weighted by molar-refractivity contribution is 6.10. The molecule has 1 aliphatic rings. The van der Waals surface area contributed by atoms with E-state index in [1.165, 1.54) is 9.80 Å². The van der Waals surface area contributed by atoms with Crippen molar-refractivity contribution in [3.8, 4) is 6.07 Å². The molecule has 0 bridgehead atoms. The number of amides is 2. The highest BCUT2D eigenvalue weighted by Gasteiger charge is 2.32. The minimum atomic E-state index is -0.736. The second kappa shape index (κ2) is 8.18. The van der Waals surface area contributed by atoms with Gasteiger partial charge in [0.05, 0.1) is 6.07 Å². The zero-order valence-electron chi connectivity index (χ0n) is 15.0. The molecule has 0 aromatic heterocycles. The van der Waals surface area contributed by atoms with Crippen LogP contribution in [-0.2, 0) is 14.3 Å². The van der Waals surface area contributed by atoms with E-state index in [0.717, 1.165) is 0 Å². The van der Waals surface area contributed by atoms with E-state index in [9.17, 15) is 14.4 Å². The van der Waals surface area contributed by atoms with E-state index < -0.39 is 18.5 Å². The van der Waals surface area contributed by atoms with Gasteiger partial charge in [-0.05, 0) is 18.2 Å². The summed E-state index contributed by atoms with van der Waals surface area (Å²) in [5.41, 5.74) is 2.09. The van der Waals surface area contributed by atoms with Crippen molar-refractivity contribution in [1.29, 1.82) is 5.26 Å². The molecular formula is C21H17N3O4. The van der Waals surface area contributed by atoms with Crippen molar-refractivity contribution in [3.63, 3.8) is 0 Å². The van der Waals surface area contributed by atoms with Gasteiger partial charge in [-0.3, -0.25) is 24.2 Å². The third-order valence-corrected chi connectivity index (χ3v) is 4.28. The number of hydrogen-bond acceptors (Lipinski definition) is 5. The summed E-state index contributed by atoms with van der Waals surface area (Å²) in [6, 6.07) is 17.5. The smallest absolute Gasteiger partial charge is 0.326 e. The van der Waals surface area contributed by atoms with Crippen molar-refractivity contribution in [1.82, 2.24) is 4.90 Å². The van der Waals surface area contributed by atoms with Crippen molar-refractivity contribution in [2.45, 2.75) is 0 Å². The average Bonchev–Trinajstić information content (AvgIpc) is 2.96. The first kappa shape index (κ1) is 18.9. The minimum absolute atomic E-state index is 0.170. The summed E-state index contributed by atoms with van der Waals surface area (Å²) in [7, 11) is 0. The number of hydrogen-bond donors (Lipinski definition) is 0. The van der Waals surface area contributed by atoms with Crippen LogP contribution >= 0.6 is 0 Å². The van der Waals surface area contributed by atoms with Gasteiger partial charge >= 0.3 is 5.97 Å². The van der Waals surface area contributed by atoms with Crippen LogP contribution in [0.3, 0.4) is 0 Å². The SMILES string of the molecule is C=C1c2ccccc2C(=O)N1CC(=O)OCC(=O)N(CC#N)c1ccccc1. The van der Waals surface area contributed by atoms with Crippen LogP contribution in [0.1, 0.15) is 15.9 Å². The topological polar surface area (TPSA) is 90.7 Å². The molecule has 2 amide bonds. The standard InChI is InChI=1S/C21H17N3O4/c1-15-17-9-5-6-10-18(17)21(27)24(15)13-20(26)28-14-19(25)23(12-11-22)16-7-3-2-4-8-16/h2-10H,1,12-14H2. The van der Waals surface area contributed by atoms with Crippen LogP contribution in [0.15, 0.2) is 61.2 Å². The fraction of sp³-hybridized carbons (Fsp3) is 0.143. The van der Waals surface area contributed by atoms with Crippen LogP contribution in [-0.4, -0.2) is 42.4 Å². The Morgan fingerprint density at radius 3 is 2.36 bits per heavy atom. The first-order valence-corrected chi connectivity index (χ1v) is 8.51. The molecule has 28 heavy (non-hydrogen) atoms. The number of para-hydroxylation sites is 1. The Kier molecular flexibility index (Phi) is 5.51. The molecule has 0 spiro atoms. The summed E-state index contributed by atoms with van der Waals surface area (Å²) in [6.07, 6.45) is 0. The highest BCUT2D eigenvalue weighted by Crippen LogP contribution is 2.30. The van der Waals surface area contributed by atoms with Crippen LogP contribution in [0.4, 0.5) is 5.69 Å². The molecule has 3 rings (SSSR count). The van der Waals surface area contributed by atoms with Crippen LogP contribution < -0.4 is 4.90 Å². The predicted octanol–water partition coefficient (Wildman–Crippen LogP) is 2.21. The number of fused-ring (bicyclic) bond motifs is 1. The zero-order valence-corrected chi connectivity index (χ0v) is 15.0. The molecule has 0 saturated heterocycles. The molecule has 2 aromatic rings. The van der Waals surface area contributed by atoms with E-state index in [2.05, 4.69) is 6.58 Å². The quantitative estimate of drug-likeness (QED) is 0.570. The van der Waals surface area contributed by atoms with Gasteiger partial charge in [0.2, 0.25) is 0 Å². The molecule has 0 N–H and O–H groups in total. The third kappa shape index (κ3) is 3.76. The predicted molar refractivity (Wildman–Crippen MR) is 102 cm³/mol. The number of nitrogens with zero attached hydrogens (tertiary/aromatic N) is 3. The summed E-state index contributed by atoms with van der Waals surface area (Å²) in [4.78, 5) is 39.4. The van der Waals surface area contributed by atoms with Crippen LogP contribution in [0.5, 0.6) is 0 Å². The monoisotopic (exact) mass is 375 g/mol. The number of benzene rings is 2. The van der Waals surface area contributed by atoms with E-state index in [0.29, 0.717) is 22.5 Å². The van der Waals surface area contributed by atoms with E-state index in [4.69, 9.17) is 10.00 Å². The maximum atomic E-state index is 12.4. The third-order valence-electron chi connectivity index (χ3n) is 4.28. The van der Waals surface area contributed by atoms with E-state index in [1.54, 1.807) is 54.6 Å². The van der Waals surface area contributed by atoms with Gasteiger partial charge in [-0.2, -0.15) is 5.26 Å². The molecular weight excluding hydrogens is 358 g/mol. The molecule has 1 aliphatic heterocycles. The number of anilines is 1. The van der Waals surface area contributed by atoms with Gasteiger partial charge in [0.1, 0.15) is 13.1 Å². The largest absolute Gasteiger partial charge is 0.454 e. The Hall–Kier alpha value is -3.92. The average molecular weight is 375 g/mol. The Labute approximate surface area is 162 Å². The number of carbonyl (C=O) groups is 3. The summed E-state index contributed by atoms with van der Waals surface area (Å²) >= 11 is 0. The Morgan fingerprint density at radius 1 is 1.07 bits per heavy atom. The van der Waals surface area contributed by atoms with E-state index in [-0.39, 0.29) is 19.0 Å². The maximum Gasteiger partial charge on any atom is 0.326 e.